The highest BCUT2D eigenvalue weighted by molar-refractivity contribution is 4.90. The number of hydrogen-bond donors (Lipinski definition) is 2. The van der Waals surface area contributed by atoms with E-state index in [-0.39, 0.29) is 0 Å². The van der Waals surface area contributed by atoms with E-state index >= 15 is 0 Å². The quantitative estimate of drug-likeness (QED) is 0.583. The van der Waals surface area contributed by atoms with Crippen molar-refractivity contribution in [2.45, 2.75) is 65.0 Å². The Morgan fingerprint density at radius 2 is 2.16 bits per heavy atom. The Hall–Kier alpha value is -0.940. The highest BCUT2D eigenvalue weighted by atomic mass is 15.3. The number of aromatic nitrogens is 3. The van der Waals surface area contributed by atoms with Crippen molar-refractivity contribution < 1.29 is 0 Å². The van der Waals surface area contributed by atoms with Gasteiger partial charge in [0.1, 0.15) is 12.2 Å². The Kier molecular flexibility index (Phi) is 5.34. The van der Waals surface area contributed by atoms with Gasteiger partial charge in [0.25, 0.3) is 0 Å². The molecule has 1 unspecified atom stereocenters. The van der Waals surface area contributed by atoms with E-state index in [0.717, 1.165) is 31.1 Å². The van der Waals surface area contributed by atoms with Crippen LogP contribution in [-0.2, 0) is 13.0 Å². The lowest BCUT2D eigenvalue weighted by Gasteiger charge is -2.19. The maximum absolute atomic E-state index is 5.71. The molecule has 0 radical (unpaired) electrons. The Bertz CT molecular complexity index is 368. The largest absolute Gasteiger partial charge is 0.271 e. The fourth-order valence-corrected chi connectivity index (χ4v) is 3.02. The summed E-state index contributed by atoms with van der Waals surface area (Å²) in [5.74, 6) is 8.18. The molecular weight excluding hydrogens is 238 g/mol. The third kappa shape index (κ3) is 4.28. The van der Waals surface area contributed by atoms with Gasteiger partial charge in [0, 0.05) is 19.0 Å². The number of nitrogens with two attached hydrogens (primary N) is 1. The maximum atomic E-state index is 5.71. The van der Waals surface area contributed by atoms with Crippen LogP contribution in [0.25, 0.3) is 0 Å². The summed E-state index contributed by atoms with van der Waals surface area (Å²) in [7, 11) is 0. The van der Waals surface area contributed by atoms with Crippen molar-refractivity contribution in [3.63, 3.8) is 0 Å². The SMILES string of the molecule is CC(C)Cn1ncnc1CC(CC1CCCC1)NN. The molecule has 2 rings (SSSR count). The zero-order valence-electron chi connectivity index (χ0n) is 12.2. The van der Waals surface area contributed by atoms with Crippen LogP contribution in [0.15, 0.2) is 6.33 Å². The molecule has 19 heavy (non-hydrogen) atoms. The first kappa shape index (κ1) is 14.5. The van der Waals surface area contributed by atoms with Crippen molar-refractivity contribution >= 4 is 0 Å². The van der Waals surface area contributed by atoms with Crippen LogP contribution in [0.3, 0.4) is 0 Å². The van der Waals surface area contributed by atoms with Crippen LogP contribution >= 0.6 is 0 Å². The Balaban J connectivity index is 1.91. The first-order valence-electron chi connectivity index (χ1n) is 7.51. The van der Waals surface area contributed by atoms with Gasteiger partial charge in [-0.2, -0.15) is 5.10 Å². The summed E-state index contributed by atoms with van der Waals surface area (Å²) in [5, 5.41) is 4.31. The molecule has 1 aromatic rings. The molecule has 1 fully saturated rings. The van der Waals surface area contributed by atoms with Crippen LogP contribution < -0.4 is 11.3 Å². The van der Waals surface area contributed by atoms with Gasteiger partial charge in [0.2, 0.25) is 0 Å². The molecule has 5 nitrogen and oxygen atoms in total. The topological polar surface area (TPSA) is 68.8 Å². The summed E-state index contributed by atoms with van der Waals surface area (Å²) in [6.45, 7) is 5.32. The lowest BCUT2D eigenvalue weighted by molar-refractivity contribution is 0.374. The van der Waals surface area contributed by atoms with Crippen molar-refractivity contribution in [3.8, 4) is 0 Å². The lowest BCUT2D eigenvalue weighted by atomic mass is 9.96. The van der Waals surface area contributed by atoms with Crippen LogP contribution in [0.2, 0.25) is 0 Å². The molecule has 0 saturated heterocycles. The minimum Gasteiger partial charge on any atom is -0.271 e. The Morgan fingerprint density at radius 3 is 2.79 bits per heavy atom. The van der Waals surface area contributed by atoms with Gasteiger partial charge < -0.3 is 0 Å². The van der Waals surface area contributed by atoms with E-state index in [1.165, 1.54) is 25.7 Å². The molecule has 0 spiro atoms. The average Bonchev–Trinajstić information content (AvgIpc) is 3.00. The van der Waals surface area contributed by atoms with Gasteiger partial charge in [-0.1, -0.05) is 39.5 Å². The summed E-state index contributed by atoms with van der Waals surface area (Å²) in [4.78, 5) is 4.39. The van der Waals surface area contributed by atoms with Crippen LogP contribution in [0.4, 0.5) is 0 Å². The van der Waals surface area contributed by atoms with Gasteiger partial charge in [0.05, 0.1) is 0 Å². The van der Waals surface area contributed by atoms with Gasteiger partial charge in [-0.3, -0.25) is 11.3 Å². The first-order chi connectivity index (χ1) is 9.19. The van der Waals surface area contributed by atoms with Crippen molar-refractivity contribution in [1.29, 1.82) is 0 Å². The predicted octanol–water partition coefficient (Wildman–Crippen LogP) is 1.89. The highest BCUT2D eigenvalue weighted by Gasteiger charge is 2.21. The highest BCUT2D eigenvalue weighted by Crippen LogP contribution is 2.29. The second-order valence-corrected chi connectivity index (χ2v) is 6.21. The molecule has 5 heteroatoms. The molecule has 1 aliphatic carbocycles. The van der Waals surface area contributed by atoms with Crippen LogP contribution in [-0.4, -0.2) is 20.8 Å². The van der Waals surface area contributed by atoms with Crippen LogP contribution in [0.1, 0.15) is 51.8 Å². The normalized spacial score (nSPS) is 18.3. The molecule has 0 bridgehead atoms. The molecule has 1 atom stereocenters. The summed E-state index contributed by atoms with van der Waals surface area (Å²) in [6.07, 6.45) is 9.16. The summed E-state index contributed by atoms with van der Waals surface area (Å²) < 4.78 is 2.02. The van der Waals surface area contributed by atoms with Crippen molar-refractivity contribution in [2.75, 3.05) is 0 Å². The van der Waals surface area contributed by atoms with Crippen LogP contribution in [0, 0.1) is 11.8 Å². The summed E-state index contributed by atoms with van der Waals surface area (Å²) >= 11 is 0. The molecular formula is C14H27N5. The van der Waals surface area contributed by atoms with E-state index in [4.69, 9.17) is 5.84 Å². The van der Waals surface area contributed by atoms with Gasteiger partial charge in [-0.05, 0) is 18.3 Å². The van der Waals surface area contributed by atoms with E-state index in [0.29, 0.717) is 12.0 Å². The Morgan fingerprint density at radius 1 is 1.42 bits per heavy atom. The molecule has 0 aromatic carbocycles. The summed E-state index contributed by atoms with van der Waals surface area (Å²) in [6, 6.07) is 0.318. The summed E-state index contributed by atoms with van der Waals surface area (Å²) in [5.41, 5.74) is 2.97. The number of nitrogens with zero attached hydrogens (tertiary/aromatic N) is 3. The zero-order chi connectivity index (χ0) is 13.7. The molecule has 0 aliphatic heterocycles. The zero-order valence-corrected chi connectivity index (χ0v) is 12.2. The van der Waals surface area contributed by atoms with Crippen molar-refractivity contribution in [1.82, 2.24) is 20.2 Å². The van der Waals surface area contributed by atoms with E-state index in [1.807, 2.05) is 4.68 Å². The second-order valence-electron chi connectivity index (χ2n) is 6.21. The first-order valence-corrected chi connectivity index (χ1v) is 7.51. The fourth-order valence-electron chi connectivity index (χ4n) is 3.02. The third-order valence-corrected chi connectivity index (χ3v) is 3.99. The van der Waals surface area contributed by atoms with Crippen LogP contribution in [0.5, 0.6) is 0 Å². The molecule has 1 saturated carbocycles. The fraction of sp³-hybridized carbons (Fsp3) is 0.857. The molecule has 1 heterocycles. The van der Waals surface area contributed by atoms with E-state index in [2.05, 4.69) is 29.4 Å². The smallest absolute Gasteiger partial charge is 0.138 e. The van der Waals surface area contributed by atoms with Crippen molar-refractivity contribution in [3.05, 3.63) is 12.2 Å². The lowest BCUT2D eigenvalue weighted by Crippen LogP contribution is -2.38. The molecule has 0 amide bonds. The van der Waals surface area contributed by atoms with Gasteiger partial charge in [-0.25, -0.2) is 9.67 Å². The number of nitrogens with one attached hydrogen (secondary N) is 1. The minimum atomic E-state index is 0.318. The Labute approximate surface area is 115 Å². The molecule has 3 N–H and O–H groups in total. The monoisotopic (exact) mass is 265 g/mol. The number of rotatable bonds is 7. The van der Waals surface area contributed by atoms with Gasteiger partial charge in [-0.15, -0.1) is 0 Å². The molecule has 1 aromatic heterocycles. The minimum absolute atomic E-state index is 0.318. The average molecular weight is 265 g/mol. The van der Waals surface area contributed by atoms with E-state index < -0.39 is 0 Å². The molecule has 1 aliphatic rings. The third-order valence-electron chi connectivity index (χ3n) is 3.99. The van der Waals surface area contributed by atoms with E-state index in [9.17, 15) is 0 Å². The van der Waals surface area contributed by atoms with E-state index in [1.54, 1.807) is 6.33 Å². The van der Waals surface area contributed by atoms with Gasteiger partial charge in [0.15, 0.2) is 0 Å². The van der Waals surface area contributed by atoms with Crippen molar-refractivity contribution in [2.24, 2.45) is 17.7 Å². The number of hydrazine groups is 1. The maximum Gasteiger partial charge on any atom is 0.138 e. The molecule has 108 valence electrons. The van der Waals surface area contributed by atoms with Gasteiger partial charge >= 0.3 is 0 Å². The second kappa shape index (κ2) is 7.01. The predicted molar refractivity (Wildman–Crippen MR) is 76.3 cm³/mol. The number of hydrogen-bond acceptors (Lipinski definition) is 4. The standard InChI is InChI=1S/C14H27N5/c1-11(2)9-19-14(16-10-17-19)8-13(18-15)7-12-5-3-4-6-12/h10-13,18H,3-9,15H2,1-2H3.